The molecule has 0 spiro atoms. The van der Waals surface area contributed by atoms with Crippen LogP contribution >= 0.6 is 11.8 Å². The molecule has 0 radical (unpaired) electrons. The number of nitrogens with one attached hydrogen (secondary N) is 1. The van der Waals surface area contributed by atoms with Crippen LogP contribution in [-0.4, -0.2) is 29.1 Å². The van der Waals surface area contributed by atoms with E-state index in [9.17, 15) is 18.4 Å². The zero-order valence-electron chi connectivity index (χ0n) is 13.7. The lowest BCUT2D eigenvalue weighted by molar-refractivity contribution is 0.0599. The fourth-order valence-electron chi connectivity index (χ4n) is 2.42. The molecule has 1 aromatic heterocycles. The lowest BCUT2D eigenvalue weighted by Gasteiger charge is -2.10. The Hall–Kier alpha value is -2.15. The number of methoxy groups -OCH3 is 1. The number of ketones is 1. The van der Waals surface area contributed by atoms with Crippen LogP contribution in [0.5, 0.6) is 0 Å². The van der Waals surface area contributed by atoms with E-state index < -0.39 is 22.9 Å². The average Bonchev–Trinajstić information content (AvgIpc) is 2.84. The molecular weight excluding hydrogens is 336 g/mol. The van der Waals surface area contributed by atoms with Gasteiger partial charge >= 0.3 is 5.97 Å². The summed E-state index contributed by atoms with van der Waals surface area (Å²) in [6, 6.07) is 3.49. The van der Waals surface area contributed by atoms with Gasteiger partial charge in [0, 0.05) is 10.6 Å². The molecule has 0 aliphatic rings. The summed E-state index contributed by atoms with van der Waals surface area (Å²) in [5, 5.41) is -0.544. The maximum absolute atomic E-state index is 13.3. The van der Waals surface area contributed by atoms with Crippen LogP contribution in [0.2, 0.25) is 0 Å². The maximum atomic E-state index is 13.3. The van der Waals surface area contributed by atoms with Gasteiger partial charge in [0.15, 0.2) is 17.4 Å². The number of benzene rings is 1. The highest BCUT2D eigenvalue weighted by molar-refractivity contribution is 8.00. The number of esters is 1. The summed E-state index contributed by atoms with van der Waals surface area (Å²) in [5.41, 5.74) is 1.72. The Balaban J connectivity index is 2.25. The van der Waals surface area contributed by atoms with Crippen molar-refractivity contribution in [1.82, 2.24) is 4.98 Å². The second kappa shape index (κ2) is 7.17. The van der Waals surface area contributed by atoms with E-state index >= 15 is 0 Å². The van der Waals surface area contributed by atoms with Crippen LogP contribution in [0.1, 0.15) is 39.0 Å². The van der Waals surface area contributed by atoms with Crippen molar-refractivity contribution in [2.75, 3.05) is 7.11 Å². The van der Waals surface area contributed by atoms with E-state index in [0.29, 0.717) is 27.4 Å². The van der Waals surface area contributed by atoms with E-state index in [-0.39, 0.29) is 5.78 Å². The van der Waals surface area contributed by atoms with Gasteiger partial charge in [-0.25, -0.2) is 13.6 Å². The van der Waals surface area contributed by atoms with Gasteiger partial charge in [0.2, 0.25) is 0 Å². The highest BCUT2D eigenvalue weighted by Crippen LogP contribution is 2.29. The monoisotopic (exact) mass is 353 g/mol. The summed E-state index contributed by atoms with van der Waals surface area (Å²) >= 11 is 1.11. The smallest absolute Gasteiger partial charge is 0.339 e. The van der Waals surface area contributed by atoms with Gasteiger partial charge in [-0.1, -0.05) is 0 Å². The minimum atomic E-state index is -0.959. The number of aryl methyl sites for hydroxylation is 1. The first-order chi connectivity index (χ1) is 11.3. The number of aromatic nitrogens is 1. The van der Waals surface area contributed by atoms with Crippen molar-refractivity contribution >= 4 is 23.5 Å². The van der Waals surface area contributed by atoms with Gasteiger partial charge in [-0.2, -0.15) is 0 Å². The zero-order chi connectivity index (χ0) is 18.0. The van der Waals surface area contributed by atoms with E-state index in [4.69, 9.17) is 4.74 Å². The van der Waals surface area contributed by atoms with Gasteiger partial charge in [-0.05, 0) is 44.5 Å². The molecule has 0 aliphatic carbocycles. The number of carbonyl (C=O) groups is 2. The molecule has 0 saturated carbocycles. The molecule has 2 aromatic rings. The van der Waals surface area contributed by atoms with E-state index in [1.807, 2.05) is 0 Å². The van der Waals surface area contributed by atoms with Gasteiger partial charge in [0.1, 0.15) is 0 Å². The lowest BCUT2D eigenvalue weighted by atomic mass is 10.1. The molecule has 0 unspecified atom stereocenters. The lowest BCUT2D eigenvalue weighted by Crippen LogP contribution is -2.15. The van der Waals surface area contributed by atoms with Crippen molar-refractivity contribution in [1.29, 1.82) is 0 Å². The van der Waals surface area contributed by atoms with Crippen molar-refractivity contribution in [2.45, 2.75) is 30.9 Å². The van der Waals surface area contributed by atoms with Crippen LogP contribution in [0.4, 0.5) is 8.78 Å². The van der Waals surface area contributed by atoms with Crippen molar-refractivity contribution in [3.05, 3.63) is 52.3 Å². The largest absolute Gasteiger partial charge is 0.465 e. The molecule has 7 heteroatoms. The van der Waals surface area contributed by atoms with Gasteiger partial charge in [0.05, 0.1) is 23.6 Å². The molecule has 4 nitrogen and oxygen atoms in total. The summed E-state index contributed by atoms with van der Waals surface area (Å²) in [7, 11) is 1.28. The predicted molar refractivity (Wildman–Crippen MR) is 87.6 cm³/mol. The number of Topliss-reactive ketones (excluding diaryl/α,β-unsaturated/α-hetero) is 1. The molecular formula is C17H17F2NO3S. The topological polar surface area (TPSA) is 59.2 Å². The number of hydrogen-bond donors (Lipinski definition) is 1. The number of thioether (sulfide) groups is 1. The molecule has 0 aliphatic heterocycles. The Morgan fingerprint density at radius 1 is 1.21 bits per heavy atom. The van der Waals surface area contributed by atoms with Gasteiger partial charge in [-0.15, -0.1) is 11.8 Å². The second-order valence-electron chi connectivity index (χ2n) is 5.32. The molecule has 1 aromatic carbocycles. The highest BCUT2D eigenvalue weighted by atomic mass is 32.2. The Kier molecular flexibility index (Phi) is 5.43. The first-order valence-electron chi connectivity index (χ1n) is 7.19. The van der Waals surface area contributed by atoms with E-state index in [0.717, 1.165) is 23.9 Å². The maximum Gasteiger partial charge on any atom is 0.339 e. The summed E-state index contributed by atoms with van der Waals surface area (Å²) in [5.74, 6) is -2.64. The number of halogens is 2. The quantitative estimate of drug-likeness (QED) is 0.500. The Morgan fingerprint density at radius 3 is 2.46 bits per heavy atom. The summed E-state index contributed by atoms with van der Waals surface area (Å²) < 4.78 is 31.0. The Labute approximate surface area is 142 Å². The Bertz CT molecular complexity index is 801. The van der Waals surface area contributed by atoms with Crippen LogP contribution < -0.4 is 0 Å². The third-order valence-electron chi connectivity index (χ3n) is 3.65. The van der Waals surface area contributed by atoms with Gasteiger partial charge in [-0.3, -0.25) is 4.79 Å². The fourth-order valence-corrected chi connectivity index (χ4v) is 3.37. The number of rotatable bonds is 5. The minimum absolute atomic E-state index is 0.236. The van der Waals surface area contributed by atoms with Crippen molar-refractivity contribution in [3.63, 3.8) is 0 Å². The molecule has 128 valence electrons. The standard InChI is InChI=1S/C17H17F2NO3S/c1-8-14(17(22)23-4)9(2)20-15(8)16(21)10(3)24-11-5-6-12(18)13(19)7-11/h5-7,10,20H,1-4H3/t10-/m1/s1. The molecule has 0 bridgehead atoms. The number of hydrogen-bond acceptors (Lipinski definition) is 4. The summed E-state index contributed by atoms with van der Waals surface area (Å²) in [6.45, 7) is 5.02. The molecule has 24 heavy (non-hydrogen) atoms. The van der Waals surface area contributed by atoms with Crippen molar-refractivity contribution in [3.8, 4) is 0 Å². The normalized spacial score (nSPS) is 12.1. The van der Waals surface area contributed by atoms with Crippen molar-refractivity contribution < 1.29 is 23.1 Å². The van der Waals surface area contributed by atoms with Crippen molar-refractivity contribution in [2.24, 2.45) is 0 Å². The van der Waals surface area contributed by atoms with Crippen LogP contribution in [0.15, 0.2) is 23.1 Å². The van der Waals surface area contributed by atoms with Gasteiger partial charge in [0.25, 0.3) is 0 Å². The Morgan fingerprint density at radius 2 is 1.88 bits per heavy atom. The van der Waals surface area contributed by atoms with E-state index in [1.54, 1.807) is 20.8 Å². The third kappa shape index (κ3) is 3.51. The molecule has 1 atom stereocenters. The molecule has 2 rings (SSSR count). The fraction of sp³-hybridized carbons (Fsp3) is 0.294. The van der Waals surface area contributed by atoms with Crippen LogP contribution in [-0.2, 0) is 4.74 Å². The highest BCUT2D eigenvalue weighted by Gasteiger charge is 2.26. The second-order valence-corrected chi connectivity index (χ2v) is 6.73. The van der Waals surface area contributed by atoms with E-state index in [2.05, 4.69) is 4.98 Å². The molecule has 1 N–H and O–H groups in total. The third-order valence-corrected chi connectivity index (χ3v) is 4.74. The summed E-state index contributed by atoms with van der Waals surface area (Å²) in [4.78, 5) is 27.8. The number of ether oxygens (including phenoxy) is 1. The number of H-pyrrole nitrogens is 1. The SMILES string of the molecule is COC(=O)c1c(C)[nH]c(C(=O)[C@@H](C)Sc2ccc(F)c(F)c2)c1C. The van der Waals surface area contributed by atoms with E-state index in [1.165, 1.54) is 13.2 Å². The van der Waals surface area contributed by atoms with Gasteiger partial charge < -0.3 is 9.72 Å². The molecule has 0 amide bonds. The molecule has 0 fully saturated rings. The van der Waals surface area contributed by atoms with Crippen LogP contribution in [0, 0.1) is 25.5 Å². The predicted octanol–water partition coefficient (Wildman–Crippen LogP) is 4.06. The first kappa shape index (κ1) is 18.2. The molecule has 0 saturated heterocycles. The molecule has 1 heterocycles. The minimum Gasteiger partial charge on any atom is -0.465 e. The number of aromatic amines is 1. The summed E-state index contributed by atoms with van der Waals surface area (Å²) in [6.07, 6.45) is 0. The average molecular weight is 353 g/mol. The first-order valence-corrected chi connectivity index (χ1v) is 8.07. The number of carbonyl (C=O) groups excluding carboxylic acids is 2. The zero-order valence-corrected chi connectivity index (χ0v) is 14.5. The van der Waals surface area contributed by atoms with Crippen LogP contribution in [0.25, 0.3) is 0 Å². The van der Waals surface area contributed by atoms with Crippen LogP contribution in [0.3, 0.4) is 0 Å².